The Kier molecular flexibility index (Phi) is 8.56. The van der Waals surface area contributed by atoms with Gasteiger partial charge in [0.1, 0.15) is 0 Å². The van der Waals surface area contributed by atoms with E-state index in [0.717, 1.165) is 6.42 Å². The third-order valence-electron chi connectivity index (χ3n) is 2.59. The zero-order valence-corrected chi connectivity index (χ0v) is 13.2. The fourth-order valence-corrected chi connectivity index (χ4v) is 2.63. The molecule has 20 heavy (non-hydrogen) atoms. The number of halogens is 1. The molecule has 0 saturated carbocycles. The van der Waals surface area contributed by atoms with E-state index in [1.807, 2.05) is 0 Å². The van der Waals surface area contributed by atoms with E-state index in [1.54, 1.807) is 6.07 Å². The molecule has 6 nitrogen and oxygen atoms in total. The molecular weight excluding hydrogens is 304 g/mol. The van der Waals surface area contributed by atoms with Crippen molar-refractivity contribution in [3.05, 3.63) is 18.2 Å². The van der Waals surface area contributed by atoms with Crippen LogP contribution in [-0.2, 0) is 10.0 Å². The van der Waals surface area contributed by atoms with Crippen LogP contribution in [0.25, 0.3) is 0 Å². The van der Waals surface area contributed by atoms with Crippen LogP contribution in [0.2, 0.25) is 0 Å². The number of methoxy groups -OCH3 is 2. The zero-order chi connectivity index (χ0) is 14.3. The second-order valence-electron chi connectivity index (χ2n) is 3.91. The van der Waals surface area contributed by atoms with Crippen LogP contribution in [-0.4, -0.2) is 35.7 Å². The summed E-state index contributed by atoms with van der Waals surface area (Å²) < 4.78 is 36.7. The smallest absolute Gasteiger partial charge is 0.240 e. The van der Waals surface area contributed by atoms with Crippen molar-refractivity contribution < 1.29 is 17.9 Å². The highest BCUT2D eigenvalue weighted by Gasteiger charge is 2.16. The molecule has 1 aromatic rings. The van der Waals surface area contributed by atoms with E-state index in [4.69, 9.17) is 15.2 Å². The number of sulfonamides is 1. The van der Waals surface area contributed by atoms with Gasteiger partial charge in [-0.25, -0.2) is 13.1 Å². The topological polar surface area (TPSA) is 90.7 Å². The fourth-order valence-electron chi connectivity index (χ4n) is 1.54. The van der Waals surface area contributed by atoms with Crippen molar-refractivity contribution in [2.75, 3.05) is 27.3 Å². The number of unbranched alkanes of at least 4 members (excludes halogenated alkanes) is 1. The van der Waals surface area contributed by atoms with Crippen molar-refractivity contribution >= 4 is 22.4 Å². The standard InChI is InChI=1S/C12H20N2O4S.ClH/c1-17-11-6-5-10(9-12(11)18-2)19(15,16)14-8-4-3-7-13;/h5-6,9,14H,3-4,7-8,13H2,1-2H3;1H. The average Bonchev–Trinajstić information content (AvgIpc) is 2.42. The Morgan fingerprint density at radius 1 is 1.15 bits per heavy atom. The molecule has 0 fully saturated rings. The second-order valence-corrected chi connectivity index (χ2v) is 5.68. The van der Waals surface area contributed by atoms with Crippen LogP contribution in [0.1, 0.15) is 12.8 Å². The number of rotatable bonds is 8. The molecule has 0 aromatic heterocycles. The van der Waals surface area contributed by atoms with Crippen LogP contribution < -0.4 is 19.9 Å². The Morgan fingerprint density at radius 2 is 1.80 bits per heavy atom. The van der Waals surface area contributed by atoms with E-state index >= 15 is 0 Å². The third-order valence-corrected chi connectivity index (χ3v) is 4.05. The van der Waals surface area contributed by atoms with Crippen molar-refractivity contribution in [1.82, 2.24) is 4.72 Å². The summed E-state index contributed by atoms with van der Waals surface area (Å²) in [5.74, 6) is 0.872. The van der Waals surface area contributed by atoms with Crippen LogP contribution in [0.5, 0.6) is 11.5 Å². The summed E-state index contributed by atoms with van der Waals surface area (Å²) in [7, 11) is -0.566. The molecule has 0 saturated heterocycles. The molecule has 0 radical (unpaired) electrons. The minimum absolute atomic E-state index is 0. The molecule has 0 aliphatic rings. The molecule has 8 heteroatoms. The Bertz CT molecular complexity index is 508. The SMILES string of the molecule is COc1ccc(S(=O)(=O)NCCCCN)cc1OC.Cl. The summed E-state index contributed by atoms with van der Waals surface area (Å²) in [5, 5.41) is 0. The average molecular weight is 325 g/mol. The number of hydrogen-bond donors (Lipinski definition) is 2. The van der Waals surface area contributed by atoms with Crippen LogP contribution in [0.4, 0.5) is 0 Å². The third kappa shape index (κ3) is 5.16. The first-order valence-corrected chi connectivity index (χ1v) is 7.45. The van der Waals surface area contributed by atoms with Gasteiger partial charge in [-0.15, -0.1) is 12.4 Å². The molecule has 0 bridgehead atoms. The van der Waals surface area contributed by atoms with Gasteiger partial charge in [0.2, 0.25) is 10.0 Å². The Hall–Kier alpha value is -1.02. The van der Waals surface area contributed by atoms with Crippen LogP contribution in [0.15, 0.2) is 23.1 Å². The molecule has 116 valence electrons. The van der Waals surface area contributed by atoms with E-state index in [2.05, 4.69) is 4.72 Å². The molecule has 0 aliphatic heterocycles. The van der Waals surface area contributed by atoms with Gasteiger partial charge in [-0.2, -0.15) is 0 Å². The van der Waals surface area contributed by atoms with Gasteiger partial charge in [-0.3, -0.25) is 0 Å². The quantitative estimate of drug-likeness (QED) is 0.700. The number of benzene rings is 1. The summed E-state index contributed by atoms with van der Waals surface area (Å²) in [6.07, 6.45) is 1.50. The number of nitrogens with two attached hydrogens (primary N) is 1. The van der Waals surface area contributed by atoms with Crippen molar-refractivity contribution in [2.24, 2.45) is 5.73 Å². The minimum Gasteiger partial charge on any atom is -0.493 e. The van der Waals surface area contributed by atoms with Gasteiger partial charge in [0.25, 0.3) is 0 Å². The summed E-state index contributed by atoms with van der Waals surface area (Å²) in [6.45, 7) is 0.923. The molecule has 0 amide bonds. The Balaban J connectivity index is 0.00000361. The summed E-state index contributed by atoms with van der Waals surface area (Å²) in [6, 6.07) is 4.48. The molecule has 0 spiro atoms. The summed E-state index contributed by atoms with van der Waals surface area (Å²) in [5.41, 5.74) is 5.35. The molecular formula is C12H21ClN2O4S. The number of nitrogens with one attached hydrogen (secondary N) is 1. The molecule has 0 atom stereocenters. The lowest BCUT2D eigenvalue weighted by Crippen LogP contribution is -2.25. The Labute approximate surface area is 126 Å². The van der Waals surface area contributed by atoms with E-state index in [1.165, 1.54) is 26.4 Å². The largest absolute Gasteiger partial charge is 0.493 e. The molecule has 3 N–H and O–H groups in total. The Morgan fingerprint density at radius 3 is 2.35 bits per heavy atom. The van der Waals surface area contributed by atoms with Crippen molar-refractivity contribution in [3.8, 4) is 11.5 Å². The highest BCUT2D eigenvalue weighted by Crippen LogP contribution is 2.29. The van der Waals surface area contributed by atoms with E-state index < -0.39 is 10.0 Å². The molecule has 0 heterocycles. The van der Waals surface area contributed by atoms with Gasteiger partial charge >= 0.3 is 0 Å². The van der Waals surface area contributed by atoms with Gasteiger partial charge in [0.05, 0.1) is 19.1 Å². The minimum atomic E-state index is -3.52. The second kappa shape index (κ2) is 9.02. The molecule has 0 aliphatic carbocycles. The summed E-state index contributed by atoms with van der Waals surface area (Å²) in [4.78, 5) is 0.151. The van der Waals surface area contributed by atoms with Crippen LogP contribution >= 0.6 is 12.4 Å². The van der Waals surface area contributed by atoms with Crippen molar-refractivity contribution in [3.63, 3.8) is 0 Å². The molecule has 0 unspecified atom stereocenters. The van der Waals surface area contributed by atoms with Gasteiger partial charge in [-0.05, 0) is 31.5 Å². The molecule has 1 rings (SSSR count). The fraction of sp³-hybridized carbons (Fsp3) is 0.500. The maximum Gasteiger partial charge on any atom is 0.240 e. The molecule has 1 aromatic carbocycles. The predicted octanol–water partition coefficient (Wildman–Crippen LogP) is 1.14. The zero-order valence-electron chi connectivity index (χ0n) is 11.6. The van der Waals surface area contributed by atoms with Gasteiger partial charge in [0.15, 0.2) is 11.5 Å². The number of hydrogen-bond acceptors (Lipinski definition) is 5. The van der Waals surface area contributed by atoms with Crippen molar-refractivity contribution in [2.45, 2.75) is 17.7 Å². The van der Waals surface area contributed by atoms with Gasteiger partial charge in [0, 0.05) is 12.6 Å². The lowest BCUT2D eigenvalue weighted by molar-refractivity contribution is 0.354. The van der Waals surface area contributed by atoms with Crippen LogP contribution in [0.3, 0.4) is 0 Å². The summed E-state index contributed by atoms with van der Waals surface area (Å²) >= 11 is 0. The number of ether oxygens (including phenoxy) is 2. The predicted molar refractivity (Wildman–Crippen MR) is 80.3 cm³/mol. The maximum absolute atomic E-state index is 12.0. The highest BCUT2D eigenvalue weighted by molar-refractivity contribution is 7.89. The van der Waals surface area contributed by atoms with Crippen LogP contribution in [0, 0.1) is 0 Å². The van der Waals surface area contributed by atoms with E-state index in [0.29, 0.717) is 31.0 Å². The van der Waals surface area contributed by atoms with Gasteiger partial charge < -0.3 is 15.2 Å². The first-order chi connectivity index (χ1) is 9.05. The lowest BCUT2D eigenvalue weighted by atomic mass is 10.3. The monoisotopic (exact) mass is 324 g/mol. The van der Waals surface area contributed by atoms with E-state index in [-0.39, 0.29) is 17.3 Å². The first kappa shape index (κ1) is 19.0. The maximum atomic E-state index is 12.0. The highest BCUT2D eigenvalue weighted by atomic mass is 35.5. The lowest BCUT2D eigenvalue weighted by Gasteiger charge is -2.10. The van der Waals surface area contributed by atoms with Crippen molar-refractivity contribution in [1.29, 1.82) is 0 Å². The van der Waals surface area contributed by atoms with E-state index in [9.17, 15) is 8.42 Å². The van der Waals surface area contributed by atoms with Gasteiger partial charge in [-0.1, -0.05) is 0 Å². The normalized spacial score (nSPS) is 10.8. The first-order valence-electron chi connectivity index (χ1n) is 5.97.